The highest BCUT2D eigenvalue weighted by Crippen LogP contribution is 2.35. The van der Waals surface area contributed by atoms with E-state index in [1.54, 1.807) is 13.8 Å². The summed E-state index contributed by atoms with van der Waals surface area (Å²) in [5, 5.41) is 20.3. The quantitative estimate of drug-likeness (QED) is 0.580. The normalized spacial score (nSPS) is 23.4. The summed E-state index contributed by atoms with van der Waals surface area (Å²) in [7, 11) is 1.38. The Labute approximate surface area is 121 Å². The van der Waals surface area contributed by atoms with Crippen molar-refractivity contribution < 1.29 is 19.7 Å². The molecule has 0 aromatic carbocycles. The molecule has 0 aliphatic heterocycles. The molecule has 4 nitrogen and oxygen atoms in total. The van der Waals surface area contributed by atoms with Gasteiger partial charge in [-0.25, -0.2) is 4.79 Å². The molecule has 0 saturated heterocycles. The van der Waals surface area contributed by atoms with Gasteiger partial charge in [-0.05, 0) is 51.9 Å². The van der Waals surface area contributed by atoms with E-state index in [0.717, 1.165) is 12.0 Å². The third-order valence-electron chi connectivity index (χ3n) is 4.23. The first kappa shape index (κ1) is 16.9. The lowest BCUT2D eigenvalue weighted by atomic mass is 9.76. The number of ether oxygens (including phenoxy) is 1. The first-order valence-electron chi connectivity index (χ1n) is 7.11. The maximum atomic E-state index is 11.4. The van der Waals surface area contributed by atoms with Gasteiger partial charge in [-0.3, -0.25) is 0 Å². The minimum atomic E-state index is -0.839. The number of esters is 1. The topological polar surface area (TPSA) is 66.8 Å². The Morgan fingerprint density at radius 3 is 2.75 bits per heavy atom. The fraction of sp³-hybridized carbons (Fsp3) is 0.688. The van der Waals surface area contributed by atoms with Crippen molar-refractivity contribution in [3.05, 3.63) is 23.8 Å². The standard InChI is InChI=1S/C16H26O4/c1-11(2)14(17)9-10-16(3,19)13-7-5-12(6-8-13)15(18)20-4/h5,13-14,17,19H,1,6-10H2,2-4H3/t13-,14?,16-/m0/s1. The van der Waals surface area contributed by atoms with Crippen LogP contribution in [0.3, 0.4) is 0 Å². The van der Waals surface area contributed by atoms with E-state index in [1.807, 2.05) is 6.08 Å². The molecule has 20 heavy (non-hydrogen) atoms. The molecule has 0 heterocycles. The smallest absolute Gasteiger partial charge is 0.333 e. The lowest BCUT2D eigenvalue weighted by Gasteiger charge is -2.35. The number of rotatable bonds is 6. The fourth-order valence-electron chi connectivity index (χ4n) is 2.59. The molecule has 1 aliphatic carbocycles. The molecule has 4 heteroatoms. The van der Waals surface area contributed by atoms with E-state index in [1.165, 1.54) is 7.11 Å². The van der Waals surface area contributed by atoms with Crippen molar-refractivity contribution in [2.75, 3.05) is 7.11 Å². The molecular weight excluding hydrogens is 256 g/mol. The zero-order valence-electron chi connectivity index (χ0n) is 12.7. The van der Waals surface area contributed by atoms with E-state index in [0.29, 0.717) is 31.3 Å². The number of hydrogen-bond donors (Lipinski definition) is 2. The van der Waals surface area contributed by atoms with E-state index in [9.17, 15) is 15.0 Å². The average Bonchev–Trinajstić information content (AvgIpc) is 2.44. The Hall–Kier alpha value is -1.13. The van der Waals surface area contributed by atoms with Gasteiger partial charge in [-0.2, -0.15) is 0 Å². The Bertz CT molecular complexity index is 395. The molecule has 1 rings (SSSR count). The summed E-state index contributed by atoms with van der Waals surface area (Å²) >= 11 is 0. The number of allylic oxidation sites excluding steroid dienone is 1. The highest BCUT2D eigenvalue weighted by atomic mass is 16.5. The van der Waals surface area contributed by atoms with Crippen LogP contribution in [0.25, 0.3) is 0 Å². The molecule has 0 radical (unpaired) electrons. The molecule has 0 spiro atoms. The number of methoxy groups -OCH3 is 1. The first-order chi connectivity index (χ1) is 9.27. The van der Waals surface area contributed by atoms with E-state index in [-0.39, 0.29) is 11.9 Å². The van der Waals surface area contributed by atoms with Crippen molar-refractivity contribution in [3.8, 4) is 0 Å². The highest BCUT2D eigenvalue weighted by molar-refractivity contribution is 5.88. The van der Waals surface area contributed by atoms with E-state index < -0.39 is 11.7 Å². The molecule has 1 unspecified atom stereocenters. The molecule has 0 saturated carbocycles. The number of hydrogen-bond acceptors (Lipinski definition) is 4. The minimum absolute atomic E-state index is 0.105. The summed E-state index contributed by atoms with van der Waals surface area (Å²) in [6, 6.07) is 0. The zero-order valence-corrected chi connectivity index (χ0v) is 12.7. The maximum absolute atomic E-state index is 11.4. The van der Waals surface area contributed by atoms with Crippen LogP contribution in [0.2, 0.25) is 0 Å². The molecule has 0 bridgehead atoms. The van der Waals surface area contributed by atoms with Gasteiger partial charge in [0.1, 0.15) is 0 Å². The van der Waals surface area contributed by atoms with Crippen LogP contribution < -0.4 is 0 Å². The Balaban J connectivity index is 2.56. The van der Waals surface area contributed by atoms with Gasteiger partial charge in [-0.15, -0.1) is 0 Å². The van der Waals surface area contributed by atoms with Crippen molar-refractivity contribution in [2.24, 2.45) is 5.92 Å². The summed E-state index contributed by atoms with van der Waals surface area (Å²) in [5.74, 6) is -0.172. The van der Waals surface area contributed by atoms with E-state index in [4.69, 9.17) is 4.74 Å². The highest BCUT2D eigenvalue weighted by Gasteiger charge is 2.34. The molecule has 2 N–H and O–H groups in total. The van der Waals surface area contributed by atoms with Gasteiger partial charge in [0.05, 0.1) is 18.8 Å². The Kier molecular flexibility index (Phi) is 5.96. The summed E-state index contributed by atoms with van der Waals surface area (Å²) in [4.78, 5) is 11.4. The monoisotopic (exact) mass is 282 g/mol. The van der Waals surface area contributed by atoms with Crippen LogP contribution in [-0.2, 0) is 9.53 Å². The van der Waals surface area contributed by atoms with Gasteiger partial charge in [0, 0.05) is 5.57 Å². The predicted octanol–water partition coefficient (Wildman–Crippen LogP) is 2.35. The maximum Gasteiger partial charge on any atom is 0.333 e. The minimum Gasteiger partial charge on any atom is -0.466 e. The third-order valence-corrected chi connectivity index (χ3v) is 4.23. The van der Waals surface area contributed by atoms with Crippen molar-refractivity contribution >= 4 is 5.97 Å². The zero-order chi connectivity index (χ0) is 15.3. The predicted molar refractivity (Wildman–Crippen MR) is 78.1 cm³/mol. The van der Waals surface area contributed by atoms with Gasteiger partial charge in [0.2, 0.25) is 0 Å². The van der Waals surface area contributed by atoms with Crippen molar-refractivity contribution in [3.63, 3.8) is 0 Å². The van der Waals surface area contributed by atoms with Crippen LogP contribution in [0.4, 0.5) is 0 Å². The molecule has 0 fully saturated rings. The molecular formula is C16H26O4. The largest absolute Gasteiger partial charge is 0.466 e. The third kappa shape index (κ3) is 4.46. The molecule has 0 aromatic rings. The summed E-state index contributed by atoms with van der Waals surface area (Å²) < 4.78 is 4.70. The van der Waals surface area contributed by atoms with Gasteiger partial charge < -0.3 is 14.9 Å². The second kappa shape index (κ2) is 7.04. The number of carbonyl (C=O) groups is 1. The van der Waals surface area contributed by atoms with Crippen LogP contribution in [0.1, 0.15) is 46.0 Å². The lowest BCUT2D eigenvalue weighted by molar-refractivity contribution is -0.136. The van der Waals surface area contributed by atoms with Gasteiger partial charge in [0.15, 0.2) is 0 Å². The van der Waals surface area contributed by atoms with E-state index >= 15 is 0 Å². The second-order valence-electron chi connectivity index (χ2n) is 5.95. The molecule has 3 atom stereocenters. The van der Waals surface area contributed by atoms with Crippen LogP contribution >= 0.6 is 0 Å². The Morgan fingerprint density at radius 1 is 1.65 bits per heavy atom. The molecule has 1 aliphatic rings. The fourth-order valence-corrected chi connectivity index (χ4v) is 2.59. The van der Waals surface area contributed by atoms with Crippen LogP contribution in [0, 0.1) is 5.92 Å². The number of aliphatic hydroxyl groups excluding tert-OH is 1. The first-order valence-corrected chi connectivity index (χ1v) is 7.11. The van der Waals surface area contributed by atoms with Gasteiger partial charge in [0.25, 0.3) is 0 Å². The summed E-state index contributed by atoms with van der Waals surface area (Å²) in [6.07, 6.45) is 4.39. The summed E-state index contributed by atoms with van der Waals surface area (Å²) in [5.41, 5.74) is 0.577. The lowest BCUT2D eigenvalue weighted by Crippen LogP contribution is -2.37. The number of carbonyl (C=O) groups excluding carboxylic acids is 1. The average molecular weight is 282 g/mol. The van der Waals surface area contributed by atoms with Crippen molar-refractivity contribution in [1.29, 1.82) is 0 Å². The molecule has 0 aromatic heterocycles. The van der Waals surface area contributed by atoms with Crippen LogP contribution in [0.15, 0.2) is 23.8 Å². The SMILES string of the molecule is C=C(C)C(O)CC[C@](C)(O)[C@H]1CC=C(C(=O)OC)CC1. The summed E-state index contributed by atoms with van der Waals surface area (Å²) in [6.45, 7) is 7.30. The van der Waals surface area contributed by atoms with Crippen molar-refractivity contribution in [2.45, 2.75) is 57.7 Å². The molecule has 0 amide bonds. The Morgan fingerprint density at radius 2 is 2.30 bits per heavy atom. The number of aliphatic hydroxyl groups is 2. The molecule has 114 valence electrons. The van der Waals surface area contributed by atoms with E-state index in [2.05, 4.69) is 6.58 Å². The second-order valence-corrected chi connectivity index (χ2v) is 5.95. The van der Waals surface area contributed by atoms with Gasteiger partial charge in [-0.1, -0.05) is 18.2 Å². The van der Waals surface area contributed by atoms with Gasteiger partial charge >= 0.3 is 5.97 Å². The van der Waals surface area contributed by atoms with Crippen LogP contribution in [0.5, 0.6) is 0 Å². The van der Waals surface area contributed by atoms with Crippen LogP contribution in [-0.4, -0.2) is 35.0 Å². The van der Waals surface area contributed by atoms with Crippen molar-refractivity contribution in [1.82, 2.24) is 0 Å².